The number of sulfonamides is 1. The molecule has 0 radical (unpaired) electrons. The first-order chi connectivity index (χ1) is 9.58. The van der Waals surface area contributed by atoms with Crippen LogP contribution in [0.15, 0.2) is 29.2 Å². The predicted molar refractivity (Wildman–Crippen MR) is 63.6 cm³/mol. The summed E-state index contributed by atoms with van der Waals surface area (Å²) in [5.74, 6) is -1.74. The fourth-order valence-electron chi connectivity index (χ4n) is 1.50. The van der Waals surface area contributed by atoms with E-state index in [9.17, 15) is 26.4 Å². The molecule has 1 aromatic carbocycles. The molecule has 0 heterocycles. The lowest BCUT2D eigenvalue weighted by atomic mass is 10.2. The van der Waals surface area contributed by atoms with E-state index in [4.69, 9.17) is 10.4 Å². The van der Waals surface area contributed by atoms with Gasteiger partial charge in [0.25, 0.3) is 0 Å². The number of hydrogen-bond donors (Lipinski definition) is 1. The van der Waals surface area contributed by atoms with E-state index in [1.807, 2.05) is 0 Å². The Morgan fingerprint density at radius 1 is 1.33 bits per heavy atom. The van der Waals surface area contributed by atoms with Gasteiger partial charge in [-0.2, -0.15) is 22.7 Å². The van der Waals surface area contributed by atoms with Gasteiger partial charge in [0, 0.05) is 0 Å². The van der Waals surface area contributed by atoms with E-state index < -0.39 is 40.2 Å². The lowest BCUT2D eigenvalue weighted by Crippen LogP contribution is -2.42. The van der Waals surface area contributed by atoms with Crippen molar-refractivity contribution in [2.45, 2.75) is 11.1 Å². The Kier molecular flexibility index (Phi) is 4.93. The lowest BCUT2D eigenvalue weighted by molar-refractivity contribution is -0.146. The Hall–Kier alpha value is -2.12. The molecular formula is C11H9F3N2O4S. The number of rotatable bonds is 5. The number of nitrogens with zero attached hydrogens (tertiary/aromatic N) is 2. The smallest absolute Gasteiger partial charge is 0.402 e. The summed E-state index contributed by atoms with van der Waals surface area (Å²) in [6.45, 7) is -3.32. The number of nitriles is 1. The van der Waals surface area contributed by atoms with Crippen molar-refractivity contribution >= 4 is 16.0 Å². The maximum Gasteiger partial charge on any atom is 0.402 e. The van der Waals surface area contributed by atoms with Gasteiger partial charge in [-0.3, -0.25) is 4.79 Å². The molecule has 0 amide bonds. The largest absolute Gasteiger partial charge is 0.480 e. The van der Waals surface area contributed by atoms with Crippen LogP contribution in [0.3, 0.4) is 0 Å². The highest BCUT2D eigenvalue weighted by atomic mass is 32.2. The third kappa shape index (κ3) is 4.44. The molecule has 0 saturated carbocycles. The van der Waals surface area contributed by atoms with Crippen LogP contribution in [0.25, 0.3) is 0 Å². The molecule has 10 heteroatoms. The summed E-state index contributed by atoms with van der Waals surface area (Å²) >= 11 is 0. The molecule has 0 aliphatic rings. The standard InChI is InChI=1S/C11H9F3N2O4S/c12-11(13,14)7-16(6-10(17)18)21(19,20)9-4-2-1-3-8(9)5-15/h1-4H,6-7H2,(H,17,18). The first kappa shape index (κ1) is 16.9. The maximum atomic E-state index is 12.4. The first-order valence-corrected chi connectivity index (χ1v) is 6.80. The number of carbonyl (C=O) groups is 1. The van der Waals surface area contributed by atoms with Gasteiger partial charge in [-0.25, -0.2) is 8.42 Å². The Balaban J connectivity index is 3.34. The van der Waals surface area contributed by atoms with E-state index in [0.29, 0.717) is 0 Å². The molecule has 1 N–H and O–H groups in total. The summed E-state index contributed by atoms with van der Waals surface area (Å²) in [6, 6.07) is 6.15. The van der Waals surface area contributed by atoms with Gasteiger partial charge in [-0.15, -0.1) is 0 Å². The van der Waals surface area contributed by atoms with Crippen LogP contribution >= 0.6 is 0 Å². The molecule has 1 rings (SSSR count). The van der Waals surface area contributed by atoms with E-state index in [-0.39, 0.29) is 9.87 Å². The Bertz CT molecular complexity index is 679. The molecule has 6 nitrogen and oxygen atoms in total. The SMILES string of the molecule is N#Cc1ccccc1S(=O)(=O)N(CC(=O)O)CC(F)(F)F. The lowest BCUT2D eigenvalue weighted by Gasteiger charge is -2.22. The minimum atomic E-state index is -4.91. The van der Waals surface area contributed by atoms with Gasteiger partial charge in [0.05, 0.1) is 10.5 Å². The van der Waals surface area contributed by atoms with Crippen LogP contribution in [-0.4, -0.2) is 43.1 Å². The monoisotopic (exact) mass is 322 g/mol. The normalized spacial score (nSPS) is 12.1. The molecule has 0 unspecified atom stereocenters. The molecule has 1 aromatic rings. The summed E-state index contributed by atoms with van der Waals surface area (Å²) in [6.07, 6.45) is -4.91. The average Bonchev–Trinajstić information content (AvgIpc) is 2.35. The highest BCUT2D eigenvalue weighted by Crippen LogP contribution is 2.24. The zero-order chi connectivity index (χ0) is 16.3. The second-order valence-corrected chi connectivity index (χ2v) is 5.80. The molecule has 0 aliphatic heterocycles. The minimum absolute atomic E-state index is 0.231. The van der Waals surface area contributed by atoms with Crippen LogP contribution in [0.5, 0.6) is 0 Å². The van der Waals surface area contributed by atoms with Gasteiger partial charge in [0.15, 0.2) is 0 Å². The minimum Gasteiger partial charge on any atom is -0.480 e. The van der Waals surface area contributed by atoms with Gasteiger partial charge in [0.2, 0.25) is 10.0 Å². The fraction of sp³-hybridized carbons (Fsp3) is 0.273. The van der Waals surface area contributed by atoms with Crippen molar-refractivity contribution in [2.75, 3.05) is 13.1 Å². The topological polar surface area (TPSA) is 98.5 Å². The van der Waals surface area contributed by atoms with Crippen molar-refractivity contribution in [3.63, 3.8) is 0 Å². The maximum absolute atomic E-state index is 12.4. The summed E-state index contributed by atoms with van der Waals surface area (Å²) in [7, 11) is -4.76. The number of alkyl halides is 3. The summed E-state index contributed by atoms with van der Waals surface area (Å²) in [5, 5.41) is 17.4. The second kappa shape index (κ2) is 6.11. The average molecular weight is 322 g/mol. The van der Waals surface area contributed by atoms with Crippen molar-refractivity contribution < 1.29 is 31.5 Å². The number of carboxylic acid groups (broad SMARTS) is 1. The van der Waals surface area contributed by atoms with Crippen LogP contribution in [0.1, 0.15) is 5.56 Å². The Morgan fingerprint density at radius 2 is 1.90 bits per heavy atom. The van der Waals surface area contributed by atoms with Gasteiger partial charge < -0.3 is 5.11 Å². The van der Waals surface area contributed by atoms with Gasteiger partial charge in [0.1, 0.15) is 19.2 Å². The van der Waals surface area contributed by atoms with Gasteiger partial charge in [-0.1, -0.05) is 12.1 Å². The number of benzene rings is 1. The van der Waals surface area contributed by atoms with Crippen molar-refractivity contribution in [1.82, 2.24) is 4.31 Å². The second-order valence-electron chi connectivity index (χ2n) is 3.89. The first-order valence-electron chi connectivity index (χ1n) is 5.36. The van der Waals surface area contributed by atoms with Gasteiger partial charge >= 0.3 is 12.1 Å². The van der Waals surface area contributed by atoms with E-state index in [1.165, 1.54) is 18.2 Å². The third-order valence-corrected chi connectivity index (χ3v) is 4.14. The number of halogens is 3. The fourth-order valence-corrected chi connectivity index (χ4v) is 3.02. The van der Waals surface area contributed by atoms with Crippen LogP contribution in [-0.2, 0) is 14.8 Å². The van der Waals surface area contributed by atoms with E-state index in [0.717, 1.165) is 12.1 Å². The third-order valence-electron chi connectivity index (χ3n) is 2.29. The Morgan fingerprint density at radius 3 is 2.38 bits per heavy atom. The molecule has 21 heavy (non-hydrogen) atoms. The number of carboxylic acids is 1. The summed E-state index contributed by atoms with van der Waals surface area (Å²) in [4.78, 5) is 9.92. The molecule has 0 spiro atoms. The van der Waals surface area contributed by atoms with Crippen molar-refractivity contribution in [3.05, 3.63) is 29.8 Å². The molecule has 0 aliphatic carbocycles. The molecule has 0 saturated heterocycles. The number of hydrogen-bond acceptors (Lipinski definition) is 4. The van der Waals surface area contributed by atoms with Gasteiger partial charge in [-0.05, 0) is 12.1 Å². The van der Waals surface area contributed by atoms with Crippen molar-refractivity contribution in [3.8, 4) is 6.07 Å². The van der Waals surface area contributed by atoms with E-state index >= 15 is 0 Å². The van der Waals surface area contributed by atoms with Crippen LogP contribution in [0.4, 0.5) is 13.2 Å². The molecule has 0 bridgehead atoms. The summed E-state index contributed by atoms with van der Waals surface area (Å²) in [5.41, 5.74) is -0.366. The van der Waals surface area contributed by atoms with E-state index in [1.54, 1.807) is 0 Å². The van der Waals surface area contributed by atoms with Crippen LogP contribution < -0.4 is 0 Å². The zero-order valence-electron chi connectivity index (χ0n) is 10.3. The van der Waals surface area contributed by atoms with Crippen LogP contribution in [0.2, 0.25) is 0 Å². The highest BCUT2D eigenvalue weighted by molar-refractivity contribution is 7.89. The highest BCUT2D eigenvalue weighted by Gasteiger charge is 2.38. The quantitative estimate of drug-likeness (QED) is 0.878. The molecular weight excluding hydrogens is 313 g/mol. The zero-order valence-corrected chi connectivity index (χ0v) is 11.1. The van der Waals surface area contributed by atoms with E-state index in [2.05, 4.69) is 0 Å². The van der Waals surface area contributed by atoms with Crippen molar-refractivity contribution in [1.29, 1.82) is 5.26 Å². The Labute approximate surface area is 118 Å². The van der Waals surface area contributed by atoms with Crippen LogP contribution in [0, 0.1) is 11.3 Å². The molecule has 0 aromatic heterocycles. The molecule has 114 valence electrons. The number of aliphatic carboxylic acids is 1. The van der Waals surface area contributed by atoms with Crippen molar-refractivity contribution in [2.24, 2.45) is 0 Å². The molecule has 0 fully saturated rings. The molecule has 0 atom stereocenters. The summed E-state index contributed by atoms with van der Waals surface area (Å²) < 4.78 is 61.3. The predicted octanol–water partition coefficient (Wildman–Crippen LogP) is 1.20.